The van der Waals surface area contributed by atoms with Crippen molar-refractivity contribution in [1.82, 2.24) is 14.9 Å². The molecule has 0 aliphatic carbocycles. The van der Waals surface area contributed by atoms with Crippen molar-refractivity contribution in [2.45, 2.75) is 13.1 Å². The summed E-state index contributed by atoms with van der Waals surface area (Å²) in [6.45, 7) is 0.306. The second kappa shape index (κ2) is 8.28. The Balaban J connectivity index is 1.48. The van der Waals surface area contributed by atoms with E-state index < -0.39 is 0 Å². The van der Waals surface area contributed by atoms with Crippen molar-refractivity contribution in [3.8, 4) is 16.9 Å². The van der Waals surface area contributed by atoms with E-state index in [0.29, 0.717) is 16.8 Å². The summed E-state index contributed by atoms with van der Waals surface area (Å²) in [7, 11) is 1.61. The highest BCUT2D eigenvalue weighted by Crippen LogP contribution is 2.30. The summed E-state index contributed by atoms with van der Waals surface area (Å²) in [5.74, 6) is 0.515. The Morgan fingerprint density at radius 1 is 1.14 bits per heavy atom. The number of hydrogen-bond acceptors (Lipinski definition) is 5. The van der Waals surface area contributed by atoms with Crippen molar-refractivity contribution < 1.29 is 9.53 Å². The van der Waals surface area contributed by atoms with Crippen LogP contribution >= 0.6 is 11.3 Å². The van der Waals surface area contributed by atoms with Crippen LogP contribution in [0.4, 0.5) is 0 Å². The molecule has 4 aromatic rings. The molecule has 0 saturated carbocycles. The van der Waals surface area contributed by atoms with Crippen LogP contribution in [-0.4, -0.2) is 22.6 Å². The van der Waals surface area contributed by atoms with Crippen molar-refractivity contribution in [2.75, 3.05) is 7.11 Å². The maximum absolute atomic E-state index is 12.8. The van der Waals surface area contributed by atoms with Gasteiger partial charge in [0, 0.05) is 17.5 Å². The first-order valence-electron chi connectivity index (χ1n) is 9.07. The molecule has 29 heavy (non-hydrogen) atoms. The van der Waals surface area contributed by atoms with Crippen LogP contribution < -0.4 is 15.6 Å². The molecule has 7 heteroatoms. The topological polar surface area (TPSA) is 73.2 Å². The van der Waals surface area contributed by atoms with Gasteiger partial charge < -0.3 is 10.1 Å². The van der Waals surface area contributed by atoms with Crippen molar-refractivity contribution >= 4 is 27.5 Å². The number of methoxy groups -OCH3 is 1. The number of benzene rings is 2. The fraction of sp³-hybridized carbons (Fsp3) is 0.136. The SMILES string of the molecule is COc1ccc(CNC(=O)Cn2cnc3c(-c4ccccc4)csc3c2=O)cc1. The van der Waals surface area contributed by atoms with Gasteiger partial charge in [-0.05, 0) is 23.3 Å². The lowest BCUT2D eigenvalue weighted by Crippen LogP contribution is -2.31. The largest absolute Gasteiger partial charge is 0.497 e. The molecule has 0 fully saturated rings. The van der Waals surface area contributed by atoms with Crippen LogP contribution in [0.15, 0.2) is 71.1 Å². The minimum Gasteiger partial charge on any atom is -0.497 e. The minimum absolute atomic E-state index is 0.0729. The average Bonchev–Trinajstić information content (AvgIpc) is 3.20. The number of nitrogens with one attached hydrogen (secondary N) is 1. The normalized spacial score (nSPS) is 10.8. The van der Waals surface area contributed by atoms with E-state index in [4.69, 9.17) is 4.74 Å². The van der Waals surface area contributed by atoms with Gasteiger partial charge >= 0.3 is 0 Å². The maximum Gasteiger partial charge on any atom is 0.271 e. The highest BCUT2D eigenvalue weighted by molar-refractivity contribution is 7.17. The van der Waals surface area contributed by atoms with Gasteiger partial charge in [-0.25, -0.2) is 4.98 Å². The van der Waals surface area contributed by atoms with E-state index in [9.17, 15) is 9.59 Å². The van der Waals surface area contributed by atoms with E-state index in [2.05, 4.69) is 10.3 Å². The zero-order valence-electron chi connectivity index (χ0n) is 15.8. The summed E-state index contributed by atoms with van der Waals surface area (Å²) in [6.07, 6.45) is 1.44. The molecule has 4 rings (SSSR count). The van der Waals surface area contributed by atoms with E-state index in [0.717, 1.165) is 22.4 Å². The smallest absolute Gasteiger partial charge is 0.271 e. The molecular weight excluding hydrogens is 386 g/mol. The van der Waals surface area contributed by atoms with Crippen molar-refractivity contribution in [1.29, 1.82) is 0 Å². The molecule has 1 amide bonds. The second-order valence-corrected chi connectivity index (χ2v) is 7.38. The summed E-state index contributed by atoms with van der Waals surface area (Å²) in [5, 5.41) is 4.76. The van der Waals surface area contributed by atoms with Gasteiger partial charge in [-0.15, -0.1) is 11.3 Å². The zero-order chi connectivity index (χ0) is 20.2. The first-order valence-corrected chi connectivity index (χ1v) is 9.95. The number of carbonyl (C=O) groups excluding carboxylic acids is 1. The lowest BCUT2D eigenvalue weighted by Gasteiger charge is -2.08. The third-order valence-corrected chi connectivity index (χ3v) is 5.55. The minimum atomic E-state index is -0.246. The third-order valence-electron chi connectivity index (χ3n) is 4.59. The maximum atomic E-state index is 12.8. The van der Waals surface area contributed by atoms with E-state index in [1.54, 1.807) is 7.11 Å². The molecule has 2 aromatic carbocycles. The standard InChI is InChI=1S/C22H19N3O3S/c1-28-17-9-7-15(8-10-17)11-23-19(26)12-25-14-24-20-18(13-29-21(20)22(25)27)16-5-3-2-4-6-16/h2-10,13-14H,11-12H2,1H3,(H,23,26). The van der Waals surface area contributed by atoms with E-state index in [1.807, 2.05) is 60.0 Å². The third kappa shape index (κ3) is 4.05. The van der Waals surface area contributed by atoms with Gasteiger partial charge in [-0.1, -0.05) is 42.5 Å². The fourth-order valence-electron chi connectivity index (χ4n) is 3.03. The molecule has 2 aromatic heterocycles. The number of aromatic nitrogens is 2. The van der Waals surface area contributed by atoms with Crippen LogP contribution in [0.25, 0.3) is 21.3 Å². The molecule has 146 valence electrons. The number of nitrogens with zero attached hydrogens (tertiary/aromatic N) is 2. The Kier molecular flexibility index (Phi) is 5.39. The molecular formula is C22H19N3O3S. The molecule has 0 aliphatic rings. The van der Waals surface area contributed by atoms with Gasteiger partial charge in [0.2, 0.25) is 5.91 Å². The van der Waals surface area contributed by atoms with Crippen molar-refractivity contribution in [3.63, 3.8) is 0 Å². The van der Waals surface area contributed by atoms with Crippen LogP contribution in [0, 0.1) is 0 Å². The quantitative estimate of drug-likeness (QED) is 0.533. The molecule has 0 saturated heterocycles. The van der Waals surface area contributed by atoms with Gasteiger partial charge in [-0.2, -0.15) is 0 Å². The Morgan fingerprint density at radius 3 is 2.62 bits per heavy atom. The average molecular weight is 405 g/mol. The van der Waals surface area contributed by atoms with Crippen LogP contribution in [0.2, 0.25) is 0 Å². The predicted octanol–water partition coefficient (Wildman–Crippen LogP) is 3.45. The van der Waals surface area contributed by atoms with Crippen molar-refractivity contribution in [2.24, 2.45) is 0 Å². The summed E-state index contributed by atoms with van der Waals surface area (Å²) >= 11 is 1.35. The molecule has 0 aliphatic heterocycles. The van der Waals surface area contributed by atoms with Crippen LogP contribution in [-0.2, 0) is 17.9 Å². The molecule has 6 nitrogen and oxygen atoms in total. The summed E-state index contributed by atoms with van der Waals surface area (Å²) in [5.41, 5.74) is 3.35. The highest BCUT2D eigenvalue weighted by Gasteiger charge is 2.13. The number of amides is 1. The Morgan fingerprint density at radius 2 is 1.90 bits per heavy atom. The lowest BCUT2D eigenvalue weighted by atomic mass is 10.1. The number of rotatable bonds is 6. The zero-order valence-corrected chi connectivity index (χ0v) is 16.6. The monoisotopic (exact) mass is 405 g/mol. The molecule has 1 N–H and O–H groups in total. The van der Waals surface area contributed by atoms with E-state index >= 15 is 0 Å². The van der Waals surface area contributed by atoms with E-state index in [-0.39, 0.29) is 18.0 Å². The molecule has 2 heterocycles. The van der Waals surface area contributed by atoms with E-state index in [1.165, 1.54) is 22.2 Å². The lowest BCUT2D eigenvalue weighted by molar-refractivity contribution is -0.121. The van der Waals surface area contributed by atoms with Crippen LogP contribution in [0.3, 0.4) is 0 Å². The second-order valence-electron chi connectivity index (χ2n) is 6.50. The highest BCUT2D eigenvalue weighted by atomic mass is 32.1. The molecule has 0 bridgehead atoms. The summed E-state index contributed by atoms with van der Waals surface area (Å²) < 4.78 is 7.02. The summed E-state index contributed by atoms with van der Waals surface area (Å²) in [6, 6.07) is 17.3. The van der Waals surface area contributed by atoms with Gasteiger partial charge in [-0.3, -0.25) is 14.2 Å². The van der Waals surface area contributed by atoms with Gasteiger partial charge in [0.25, 0.3) is 5.56 Å². The Hall–Kier alpha value is -3.45. The number of carbonyl (C=O) groups is 1. The van der Waals surface area contributed by atoms with Crippen LogP contribution in [0.5, 0.6) is 5.75 Å². The number of hydrogen-bond donors (Lipinski definition) is 1. The Bertz CT molecular complexity index is 1200. The molecule has 0 spiro atoms. The first-order chi connectivity index (χ1) is 14.2. The number of thiophene rings is 1. The molecule has 0 radical (unpaired) electrons. The number of ether oxygens (including phenoxy) is 1. The first kappa shape index (κ1) is 18.9. The predicted molar refractivity (Wildman–Crippen MR) is 114 cm³/mol. The van der Waals surface area contributed by atoms with Gasteiger partial charge in [0.15, 0.2) is 0 Å². The molecule has 0 atom stereocenters. The summed E-state index contributed by atoms with van der Waals surface area (Å²) in [4.78, 5) is 29.5. The number of fused-ring (bicyclic) bond motifs is 1. The van der Waals surface area contributed by atoms with Crippen molar-refractivity contribution in [3.05, 3.63) is 82.2 Å². The fourth-order valence-corrected chi connectivity index (χ4v) is 4.01. The molecule has 0 unspecified atom stereocenters. The van der Waals surface area contributed by atoms with Crippen LogP contribution in [0.1, 0.15) is 5.56 Å². The van der Waals surface area contributed by atoms with Gasteiger partial charge in [0.05, 0.1) is 19.0 Å². The Labute approximate surface area is 171 Å². The van der Waals surface area contributed by atoms with Gasteiger partial charge in [0.1, 0.15) is 17.0 Å².